The lowest BCUT2D eigenvalue weighted by Crippen LogP contribution is -2.09. The lowest BCUT2D eigenvalue weighted by atomic mass is 10.2. The highest BCUT2D eigenvalue weighted by atomic mass is 16.6. The second-order valence-corrected chi connectivity index (χ2v) is 3.85. The van der Waals surface area contributed by atoms with Gasteiger partial charge in [-0.05, 0) is 25.8 Å². The molecule has 0 aliphatic rings. The average molecular weight is 267 g/mol. The third kappa shape index (κ3) is 5.48. The maximum absolute atomic E-state index is 11.5. The molecule has 1 aromatic rings. The molecule has 0 heterocycles. The van der Waals surface area contributed by atoms with Crippen molar-refractivity contribution < 1.29 is 19.2 Å². The van der Waals surface area contributed by atoms with Crippen LogP contribution in [0.2, 0.25) is 0 Å². The van der Waals surface area contributed by atoms with Gasteiger partial charge in [0.25, 0.3) is 0 Å². The van der Waals surface area contributed by atoms with E-state index in [0.717, 1.165) is 6.42 Å². The van der Waals surface area contributed by atoms with Gasteiger partial charge in [-0.3, -0.25) is 14.9 Å². The first-order valence-corrected chi connectivity index (χ1v) is 6.17. The Labute approximate surface area is 111 Å². The minimum atomic E-state index is -0.572. The molecule has 1 rings (SSSR count). The first-order chi connectivity index (χ1) is 9.15. The third-order valence-electron chi connectivity index (χ3n) is 2.41. The molecule has 6 nitrogen and oxygen atoms in total. The minimum absolute atomic E-state index is 0.0118. The lowest BCUT2D eigenvalue weighted by molar-refractivity contribution is -0.385. The summed E-state index contributed by atoms with van der Waals surface area (Å²) in [4.78, 5) is 21.7. The minimum Gasteiger partial charge on any atom is -0.419 e. The van der Waals surface area contributed by atoms with E-state index in [1.165, 1.54) is 18.2 Å². The molecule has 6 heteroatoms. The van der Waals surface area contributed by atoms with Gasteiger partial charge in [-0.15, -0.1) is 0 Å². The summed E-state index contributed by atoms with van der Waals surface area (Å²) >= 11 is 0. The molecule has 1 aromatic carbocycles. The van der Waals surface area contributed by atoms with Crippen molar-refractivity contribution in [3.05, 3.63) is 34.4 Å². The van der Waals surface area contributed by atoms with Crippen LogP contribution in [0.5, 0.6) is 5.75 Å². The van der Waals surface area contributed by atoms with Crippen LogP contribution in [0.3, 0.4) is 0 Å². The number of nitro benzene ring substituents is 1. The molecule has 0 radical (unpaired) electrons. The average Bonchev–Trinajstić information content (AvgIpc) is 2.39. The van der Waals surface area contributed by atoms with E-state index in [0.29, 0.717) is 19.6 Å². The Balaban J connectivity index is 2.42. The Morgan fingerprint density at radius 1 is 1.32 bits per heavy atom. The van der Waals surface area contributed by atoms with E-state index >= 15 is 0 Å². The van der Waals surface area contributed by atoms with Crippen molar-refractivity contribution >= 4 is 11.7 Å². The second-order valence-electron chi connectivity index (χ2n) is 3.85. The van der Waals surface area contributed by atoms with Crippen molar-refractivity contribution in [1.29, 1.82) is 0 Å². The normalized spacial score (nSPS) is 10.2. The molecule has 0 aromatic heterocycles. The summed E-state index contributed by atoms with van der Waals surface area (Å²) in [7, 11) is 0. The number of carbonyl (C=O) groups is 1. The van der Waals surface area contributed by atoms with E-state index < -0.39 is 10.9 Å². The van der Waals surface area contributed by atoms with Crippen molar-refractivity contribution in [1.82, 2.24) is 0 Å². The van der Waals surface area contributed by atoms with E-state index in [1.807, 2.05) is 6.92 Å². The smallest absolute Gasteiger partial charge is 0.311 e. The fourth-order valence-electron chi connectivity index (χ4n) is 1.49. The van der Waals surface area contributed by atoms with Crippen molar-refractivity contribution in [2.24, 2.45) is 0 Å². The van der Waals surface area contributed by atoms with Gasteiger partial charge in [0.15, 0.2) is 0 Å². The van der Waals surface area contributed by atoms with Gasteiger partial charge in [0.2, 0.25) is 5.75 Å². The predicted octanol–water partition coefficient (Wildman–Crippen LogP) is 2.71. The fourth-order valence-corrected chi connectivity index (χ4v) is 1.49. The summed E-state index contributed by atoms with van der Waals surface area (Å²) in [6.45, 7) is 3.17. The molecular weight excluding hydrogens is 250 g/mol. The van der Waals surface area contributed by atoms with E-state index in [1.54, 1.807) is 6.07 Å². The number of rotatable bonds is 8. The van der Waals surface area contributed by atoms with Gasteiger partial charge in [-0.25, -0.2) is 0 Å². The van der Waals surface area contributed by atoms with Gasteiger partial charge in [0.05, 0.1) is 4.92 Å². The van der Waals surface area contributed by atoms with Gasteiger partial charge >= 0.3 is 11.7 Å². The Bertz CT molecular complexity index is 433. The molecule has 0 aliphatic heterocycles. The molecule has 19 heavy (non-hydrogen) atoms. The molecule has 0 bridgehead atoms. The molecule has 0 atom stereocenters. The zero-order chi connectivity index (χ0) is 14.1. The SMILES string of the molecule is CCOCCCCC(=O)Oc1ccccc1[N+](=O)[O-]. The van der Waals surface area contributed by atoms with Crippen LogP contribution in [-0.2, 0) is 9.53 Å². The molecule has 0 amide bonds. The highest BCUT2D eigenvalue weighted by Crippen LogP contribution is 2.26. The Morgan fingerprint density at radius 3 is 2.74 bits per heavy atom. The Hall–Kier alpha value is -1.95. The molecule has 0 saturated carbocycles. The van der Waals surface area contributed by atoms with Crippen molar-refractivity contribution in [3.63, 3.8) is 0 Å². The van der Waals surface area contributed by atoms with E-state index in [2.05, 4.69) is 0 Å². The first-order valence-electron chi connectivity index (χ1n) is 6.17. The Kier molecular flexibility index (Phi) is 6.52. The summed E-state index contributed by atoms with van der Waals surface area (Å²) in [5.74, 6) is -0.479. The monoisotopic (exact) mass is 267 g/mol. The van der Waals surface area contributed by atoms with Crippen LogP contribution in [0.25, 0.3) is 0 Å². The summed E-state index contributed by atoms with van der Waals surface area (Å²) in [6.07, 6.45) is 1.62. The van der Waals surface area contributed by atoms with Crippen LogP contribution >= 0.6 is 0 Å². The molecular formula is C13H17NO5. The van der Waals surface area contributed by atoms with Gasteiger partial charge in [-0.1, -0.05) is 12.1 Å². The van der Waals surface area contributed by atoms with E-state index in [9.17, 15) is 14.9 Å². The van der Waals surface area contributed by atoms with Gasteiger partial charge in [0, 0.05) is 25.7 Å². The molecule has 0 N–H and O–H groups in total. The summed E-state index contributed by atoms with van der Waals surface area (Å²) < 4.78 is 10.1. The van der Waals surface area contributed by atoms with Crippen LogP contribution in [-0.4, -0.2) is 24.1 Å². The summed E-state index contributed by atoms with van der Waals surface area (Å²) in [5.41, 5.74) is -0.204. The van der Waals surface area contributed by atoms with Crippen LogP contribution in [0.1, 0.15) is 26.2 Å². The fraction of sp³-hybridized carbons (Fsp3) is 0.462. The van der Waals surface area contributed by atoms with Crippen LogP contribution in [0, 0.1) is 10.1 Å². The summed E-state index contributed by atoms with van der Waals surface area (Å²) in [6, 6.07) is 5.83. The van der Waals surface area contributed by atoms with Crippen molar-refractivity contribution in [2.75, 3.05) is 13.2 Å². The number of ether oxygens (including phenoxy) is 2. The van der Waals surface area contributed by atoms with E-state index in [4.69, 9.17) is 9.47 Å². The Morgan fingerprint density at radius 2 is 2.05 bits per heavy atom. The number of nitrogens with zero attached hydrogens (tertiary/aromatic N) is 1. The predicted molar refractivity (Wildman–Crippen MR) is 69.1 cm³/mol. The molecule has 0 spiro atoms. The summed E-state index contributed by atoms with van der Waals surface area (Å²) in [5, 5.41) is 10.7. The largest absolute Gasteiger partial charge is 0.419 e. The number of unbranched alkanes of at least 4 members (excludes halogenated alkanes) is 1. The number of hydrogen-bond acceptors (Lipinski definition) is 5. The van der Waals surface area contributed by atoms with Gasteiger partial charge < -0.3 is 9.47 Å². The maximum Gasteiger partial charge on any atom is 0.311 e. The third-order valence-corrected chi connectivity index (χ3v) is 2.41. The standard InChI is InChI=1S/C13H17NO5/c1-2-18-10-6-5-9-13(15)19-12-8-4-3-7-11(12)14(16)17/h3-4,7-8H,2,5-6,9-10H2,1H3. The van der Waals surface area contributed by atoms with Gasteiger partial charge in [-0.2, -0.15) is 0 Å². The highest BCUT2D eigenvalue weighted by Gasteiger charge is 2.16. The number of benzene rings is 1. The van der Waals surface area contributed by atoms with Crippen LogP contribution < -0.4 is 4.74 Å². The lowest BCUT2D eigenvalue weighted by Gasteiger charge is -2.05. The zero-order valence-corrected chi connectivity index (χ0v) is 10.8. The van der Waals surface area contributed by atoms with Crippen molar-refractivity contribution in [3.8, 4) is 5.75 Å². The van der Waals surface area contributed by atoms with Crippen molar-refractivity contribution in [2.45, 2.75) is 26.2 Å². The number of para-hydroxylation sites is 2. The quantitative estimate of drug-likeness (QED) is 0.238. The number of nitro groups is 1. The maximum atomic E-state index is 11.5. The highest BCUT2D eigenvalue weighted by molar-refractivity contribution is 5.73. The van der Waals surface area contributed by atoms with Crippen LogP contribution in [0.15, 0.2) is 24.3 Å². The molecule has 0 aliphatic carbocycles. The molecule has 104 valence electrons. The number of esters is 1. The van der Waals surface area contributed by atoms with Gasteiger partial charge in [0.1, 0.15) is 0 Å². The first kappa shape index (κ1) is 15.1. The number of carbonyl (C=O) groups excluding carboxylic acids is 1. The second kappa shape index (κ2) is 8.20. The van der Waals surface area contributed by atoms with E-state index in [-0.39, 0.29) is 17.9 Å². The van der Waals surface area contributed by atoms with Crippen LogP contribution in [0.4, 0.5) is 5.69 Å². The molecule has 0 unspecified atom stereocenters. The zero-order valence-electron chi connectivity index (χ0n) is 10.8. The molecule has 0 saturated heterocycles. The topological polar surface area (TPSA) is 78.7 Å². The number of hydrogen-bond donors (Lipinski definition) is 0. The molecule has 0 fully saturated rings.